The molecule has 2 atom stereocenters. The number of pyridine rings is 1. The van der Waals surface area contributed by atoms with Crippen molar-refractivity contribution >= 4 is 46.6 Å². The van der Waals surface area contributed by atoms with Crippen molar-refractivity contribution in [1.82, 2.24) is 10.0 Å². The summed E-state index contributed by atoms with van der Waals surface area (Å²) in [5.74, 6) is 1.87. The second-order valence-electron chi connectivity index (χ2n) is 7.31. The van der Waals surface area contributed by atoms with Gasteiger partial charge in [-0.2, -0.15) is 9.25 Å². The normalized spacial score (nSPS) is 15.2. The van der Waals surface area contributed by atoms with Crippen LogP contribution in [0.1, 0.15) is 13.3 Å². The maximum atomic E-state index is 14.8. The predicted molar refractivity (Wildman–Crippen MR) is 128 cm³/mol. The van der Waals surface area contributed by atoms with Crippen molar-refractivity contribution in [3.8, 4) is 16.9 Å². The quantitative estimate of drug-likeness (QED) is 0.210. The molecule has 194 valence electrons. The van der Waals surface area contributed by atoms with Gasteiger partial charge in [0.2, 0.25) is 0 Å². The number of rotatable bonds is 11. The smallest absolute Gasteiger partial charge is 0.497 e. The molecule has 0 bridgehead atoms. The van der Waals surface area contributed by atoms with Crippen LogP contribution in [-0.2, 0) is 37.8 Å². The number of nitrogens with zero attached hydrogens (tertiary/aromatic N) is 1. The topological polar surface area (TPSA) is 165 Å². The fraction of sp³-hybridized carbons (Fsp3) is 0.333. The highest BCUT2D eigenvalue weighted by atomic mass is 127. The van der Waals surface area contributed by atoms with Crippen molar-refractivity contribution in [3.63, 3.8) is 0 Å². The van der Waals surface area contributed by atoms with E-state index in [0.717, 1.165) is 59.1 Å². The van der Waals surface area contributed by atoms with Crippen LogP contribution in [0.5, 0.6) is 5.75 Å². The largest absolute Gasteiger partial charge is 0.522 e. The molecule has 35 heavy (non-hydrogen) atoms. The lowest BCUT2D eigenvalue weighted by atomic mass is 10.0. The predicted octanol–water partition coefficient (Wildman–Crippen LogP) is 2.41. The van der Waals surface area contributed by atoms with E-state index in [-0.39, 0.29) is 16.9 Å². The molecule has 0 fully saturated rings. The maximum absolute atomic E-state index is 14.8. The second-order valence-corrected chi connectivity index (χ2v) is 12.4. The molecule has 2 rings (SSSR count). The first-order valence-electron chi connectivity index (χ1n) is 9.42. The number of hydrogen-bond donors (Lipinski definition) is 2. The van der Waals surface area contributed by atoms with Crippen LogP contribution in [-0.4, -0.2) is 37.0 Å². The number of halogens is 3. The van der Waals surface area contributed by atoms with Gasteiger partial charge in [-0.3, -0.25) is 9.59 Å². The van der Waals surface area contributed by atoms with Crippen LogP contribution < -0.4 is 21.7 Å². The average molecular weight is 651 g/mol. The number of benzene rings is 1. The van der Waals surface area contributed by atoms with Crippen LogP contribution in [0.2, 0.25) is 0 Å². The summed E-state index contributed by atoms with van der Waals surface area (Å²) >= 11 is 1.13. The molecule has 17 heteroatoms. The molecule has 1 heterocycles. The van der Waals surface area contributed by atoms with E-state index in [9.17, 15) is 31.4 Å². The number of nitrogens with one attached hydrogen (secondary N) is 1. The highest BCUT2D eigenvalue weighted by Gasteiger charge is 2.44. The van der Waals surface area contributed by atoms with Gasteiger partial charge < -0.3 is 9.30 Å². The first-order valence-corrected chi connectivity index (χ1v) is 13.7. The van der Waals surface area contributed by atoms with Gasteiger partial charge in [0, 0.05) is 42.3 Å². The van der Waals surface area contributed by atoms with Gasteiger partial charge in [0.05, 0.1) is 7.11 Å². The van der Waals surface area contributed by atoms with Crippen molar-refractivity contribution in [1.29, 1.82) is 0 Å². The third-order valence-corrected chi connectivity index (χ3v) is 9.35. The summed E-state index contributed by atoms with van der Waals surface area (Å²) in [6.45, 7) is 0.578. The van der Waals surface area contributed by atoms with E-state index in [1.54, 1.807) is 5.48 Å². The summed E-state index contributed by atoms with van der Waals surface area (Å²) in [7, 11) is -7.24. The summed E-state index contributed by atoms with van der Waals surface area (Å²) in [6.07, 6.45) is 0.980. The lowest BCUT2D eigenvalue weighted by Crippen LogP contribution is -2.50. The summed E-state index contributed by atoms with van der Waals surface area (Å²) in [4.78, 5) is 25.1. The Labute approximate surface area is 212 Å². The number of hydroxylamine groups is 1. The van der Waals surface area contributed by atoms with Gasteiger partial charge in [0.15, 0.2) is 14.6 Å². The highest BCUT2D eigenvalue weighted by Crippen LogP contribution is 2.48. The third-order valence-electron chi connectivity index (χ3n) is 5.14. The third kappa shape index (κ3) is 6.63. The number of aryl methyl sites for hydroxylation is 1. The number of aromatic nitrogens is 1. The van der Waals surface area contributed by atoms with E-state index in [1.807, 2.05) is 0 Å². The molecule has 2 aromatic rings. The minimum Gasteiger partial charge on any atom is -0.497 e. The van der Waals surface area contributed by atoms with Crippen LogP contribution in [0.15, 0.2) is 35.3 Å². The Morgan fingerprint density at radius 1 is 1.26 bits per heavy atom. The second kappa shape index (κ2) is 11.4. The minimum absolute atomic E-state index is 0.186. The Kier molecular flexibility index (Phi) is 9.54. The molecular formula is C18H21F2IN3O9PS. The fourth-order valence-corrected chi connectivity index (χ4v) is 4.48. The van der Waals surface area contributed by atoms with Gasteiger partial charge in [0.1, 0.15) is 40.4 Å². The summed E-state index contributed by atoms with van der Waals surface area (Å²) in [5.41, 5.74) is 0.357. The number of nitrogens with two attached hydrogens (primary N) is 1. The molecule has 0 aliphatic rings. The molecule has 0 radical (unpaired) electrons. The summed E-state index contributed by atoms with van der Waals surface area (Å²) in [5, 5.41) is 0. The van der Waals surface area contributed by atoms with E-state index in [4.69, 9.17) is 10.6 Å². The lowest BCUT2D eigenvalue weighted by Gasteiger charge is -2.26. The zero-order valence-corrected chi connectivity index (χ0v) is 22.4. The van der Waals surface area contributed by atoms with Crippen molar-refractivity contribution < 1.29 is 43.4 Å². The fourth-order valence-electron chi connectivity index (χ4n) is 2.83. The Morgan fingerprint density at radius 2 is 1.91 bits per heavy atom. The molecule has 0 saturated carbocycles. The molecule has 1 amide bonds. The van der Waals surface area contributed by atoms with E-state index >= 15 is 0 Å². The molecule has 3 N–H and O–H groups in total. The van der Waals surface area contributed by atoms with Crippen molar-refractivity contribution in [3.05, 3.63) is 52.5 Å². The van der Waals surface area contributed by atoms with Crippen molar-refractivity contribution in [2.75, 3.05) is 13.4 Å². The number of methoxy groups -OCH3 is 1. The number of sulfone groups is 1. The number of ether oxygens (including phenoxy) is 1. The van der Waals surface area contributed by atoms with Crippen molar-refractivity contribution in [2.24, 2.45) is 5.90 Å². The zero-order chi connectivity index (χ0) is 26.6. The number of amides is 1. The Bertz CT molecular complexity index is 1320. The molecule has 0 spiro atoms. The lowest BCUT2D eigenvalue weighted by molar-refractivity contribution is -0.131. The Hall–Kier alpha value is -1.95. The van der Waals surface area contributed by atoms with Crippen LogP contribution >= 0.6 is 30.8 Å². The van der Waals surface area contributed by atoms with Crippen LogP contribution in [0.4, 0.5) is 8.78 Å². The molecular weight excluding hydrogens is 630 g/mol. The number of phosphoric acid groups is 1. The van der Waals surface area contributed by atoms with Gasteiger partial charge >= 0.3 is 7.82 Å². The molecule has 12 nitrogen and oxygen atoms in total. The highest BCUT2D eigenvalue weighted by molar-refractivity contribution is 14.1. The first-order chi connectivity index (χ1) is 16.2. The van der Waals surface area contributed by atoms with Gasteiger partial charge in [0.25, 0.3) is 11.5 Å². The average Bonchev–Trinajstić information content (AvgIpc) is 2.81. The zero-order valence-electron chi connectivity index (χ0n) is 18.5. The van der Waals surface area contributed by atoms with Crippen LogP contribution in [0, 0.1) is 11.6 Å². The Balaban J connectivity index is 2.32. The molecule has 0 saturated heterocycles. The van der Waals surface area contributed by atoms with Gasteiger partial charge in [-0.05, 0) is 25.5 Å². The monoisotopic (exact) mass is 651 g/mol. The van der Waals surface area contributed by atoms with E-state index in [0.29, 0.717) is 0 Å². The molecule has 0 aliphatic heterocycles. The number of hydrogen-bond acceptors (Lipinski definition) is 10. The van der Waals surface area contributed by atoms with Gasteiger partial charge in [-0.25, -0.2) is 36.0 Å². The van der Waals surface area contributed by atoms with Gasteiger partial charge in [-0.1, -0.05) is 0 Å². The van der Waals surface area contributed by atoms with E-state index < -0.39 is 58.5 Å². The minimum atomic E-state index is -4.40. The molecule has 0 aliphatic carbocycles. The number of carbonyl (C=O) groups excluding carboxylic acids is 1. The summed E-state index contributed by atoms with van der Waals surface area (Å²) in [6, 6.07) is 4.49. The standard InChI is InChI=1S/C18H21F2IN3O9PS/c1-18(35(3,28)29,17(26)23-33-34(27,31-21)32-22)6-7-24-10-15(20)13(9-16(24)25)12-5-4-11(30-2)8-14(12)19/h4-5,8-10H,6-7,22H2,1-3H3,(H,23,26). The Morgan fingerprint density at radius 3 is 2.43 bits per heavy atom. The van der Waals surface area contributed by atoms with Crippen LogP contribution in [0.3, 0.4) is 0 Å². The van der Waals surface area contributed by atoms with E-state index in [2.05, 4.69) is 12.1 Å². The SMILES string of the molecule is COc1ccc(-c2cc(=O)n(CCC(C)(C(=O)NOP(=O)(ON)OI)S(C)(=O)=O)cc2F)c(F)c1. The molecule has 2 unspecified atom stereocenters. The molecule has 1 aromatic carbocycles. The van der Waals surface area contributed by atoms with Gasteiger partial charge in [-0.15, -0.1) is 0 Å². The van der Waals surface area contributed by atoms with Crippen molar-refractivity contribution in [2.45, 2.75) is 24.6 Å². The molecule has 1 aromatic heterocycles. The van der Waals surface area contributed by atoms with Crippen LogP contribution in [0.25, 0.3) is 11.1 Å². The summed E-state index contributed by atoms with van der Waals surface area (Å²) < 4.78 is 81.9. The first kappa shape index (κ1) is 29.3. The van der Waals surface area contributed by atoms with E-state index in [1.165, 1.54) is 19.2 Å². The number of carbonyl (C=O) groups is 1. The maximum Gasteiger partial charge on any atom is 0.522 e.